The number of aldehydes is 1. The van der Waals surface area contributed by atoms with Gasteiger partial charge in [-0.25, -0.2) is 0 Å². The summed E-state index contributed by atoms with van der Waals surface area (Å²) >= 11 is 0. The normalized spacial score (nSPS) is 36.1. The second kappa shape index (κ2) is 2.97. The van der Waals surface area contributed by atoms with Crippen LogP contribution in [0.3, 0.4) is 0 Å². The monoisotopic (exact) mass is 128 g/mol. The molecule has 0 aromatic heterocycles. The summed E-state index contributed by atoms with van der Waals surface area (Å²) in [5.74, 6) is 0.168. The minimum atomic E-state index is 0.168. The van der Waals surface area contributed by atoms with Gasteiger partial charge in [-0.2, -0.15) is 0 Å². The van der Waals surface area contributed by atoms with Crippen LogP contribution in [0.5, 0.6) is 0 Å². The van der Waals surface area contributed by atoms with Crippen molar-refractivity contribution in [3.05, 3.63) is 0 Å². The van der Waals surface area contributed by atoms with Gasteiger partial charge in [0.2, 0.25) is 0 Å². The first-order valence-corrected chi connectivity index (χ1v) is 3.40. The lowest BCUT2D eigenvalue weighted by Gasteiger charge is -2.22. The van der Waals surface area contributed by atoms with Crippen LogP contribution in [-0.2, 0) is 9.53 Å². The van der Waals surface area contributed by atoms with Crippen LogP contribution in [0, 0.1) is 5.92 Å². The van der Waals surface area contributed by atoms with Crippen LogP contribution < -0.4 is 0 Å². The predicted octanol–water partition coefficient (Wildman–Crippen LogP) is 1.00. The lowest BCUT2D eigenvalue weighted by molar-refractivity contribution is -0.116. The number of hydrogen-bond acceptors (Lipinski definition) is 2. The van der Waals surface area contributed by atoms with Crippen LogP contribution >= 0.6 is 0 Å². The molecule has 0 aliphatic carbocycles. The highest BCUT2D eigenvalue weighted by molar-refractivity contribution is 5.53. The maximum absolute atomic E-state index is 10.2. The molecule has 0 amide bonds. The summed E-state index contributed by atoms with van der Waals surface area (Å²) in [6.45, 7) is 2.67. The zero-order chi connectivity index (χ0) is 6.69. The average Bonchev–Trinajstić information content (AvgIpc) is 1.90. The Morgan fingerprint density at radius 3 is 2.78 bits per heavy atom. The molecule has 2 atom stereocenters. The average molecular weight is 128 g/mol. The van der Waals surface area contributed by atoms with Crippen molar-refractivity contribution < 1.29 is 9.53 Å². The third-order valence-electron chi connectivity index (χ3n) is 1.73. The van der Waals surface area contributed by atoms with Gasteiger partial charge in [-0.05, 0) is 19.8 Å². The van der Waals surface area contributed by atoms with Crippen molar-refractivity contribution in [3.63, 3.8) is 0 Å². The molecule has 1 fully saturated rings. The van der Waals surface area contributed by atoms with E-state index in [1.807, 2.05) is 6.92 Å². The smallest absolute Gasteiger partial charge is 0.125 e. The van der Waals surface area contributed by atoms with E-state index in [2.05, 4.69) is 0 Å². The van der Waals surface area contributed by atoms with E-state index in [9.17, 15) is 4.79 Å². The molecule has 9 heavy (non-hydrogen) atoms. The second-order valence-corrected chi connectivity index (χ2v) is 2.62. The summed E-state index contributed by atoms with van der Waals surface area (Å²) in [6, 6.07) is 0. The van der Waals surface area contributed by atoms with Crippen molar-refractivity contribution in [2.75, 3.05) is 6.61 Å². The van der Waals surface area contributed by atoms with Gasteiger partial charge in [0.25, 0.3) is 0 Å². The van der Waals surface area contributed by atoms with Gasteiger partial charge in [0.1, 0.15) is 6.29 Å². The first kappa shape index (κ1) is 6.75. The molecule has 0 spiro atoms. The predicted molar refractivity (Wildman–Crippen MR) is 34.2 cm³/mol. The fourth-order valence-corrected chi connectivity index (χ4v) is 1.01. The van der Waals surface area contributed by atoms with Crippen molar-refractivity contribution in [2.24, 2.45) is 5.92 Å². The van der Waals surface area contributed by atoms with E-state index in [1.54, 1.807) is 0 Å². The number of rotatable bonds is 1. The molecule has 0 radical (unpaired) electrons. The zero-order valence-corrected chi connectivity index (χ0v) is 5.67. The van der Waals surface area contributed by atoms with Crippen LogP contribution in [0.4, 0.5) is 0 Å². The summed E-state index contributed by atoms with van der Waals surface area (Å²) in [4.78, 5) is 10.2. The van der Waals surface area contributed by atoms with E-state index in [0.29, 0.717) is 12.7 Å². The van der Waals surface area contributed by atoms with Gasteiger partial charge >= 0.3 is 0 Å². The van der Waals surface area contributed by atoms with Gasteiger partial charge < -0.3 is 9.53 Å². The second-order valence-electron chi connectivity index (χ2n) is 2.62. The van der Waals surface area contributed by atoms with Crippen LogP contribution in [0.25, 0.3) is 0 Å². The Hall–Kier alpha value is -0.370. The fourth-order valence-electron chi connectivity index (χ4n) is 1.01. The quantitative estimate of drug-likeness (QED) is 0.492. The molecule has 0 saturated carbocycles. The summed E-state index contributed by atoms with van der Waals surface area (Å²) < 4.78 is 5.25. The SMILES string of the molecule is C[C@@H]1CC[C@@H](C=O)CO1. The Bertz CT molecular complexity index is 93.1. The lowest BCUT2D eigenvalue weighted by atomic mass is 10.0. The minimum absolute atomic E-state index is 0.168. The first-order valence-electron chi connectivity index (χ1n) is 3.40. The molecule has 2 nitrogen and oxygen atoms in total. The molecule has 52 valence electrons. The van der Waals surface area contributed by atoms with E-state index >= 15 is 0 Å². The van der Waals surface area contributed by atoms with Gasteiger partial charge in [0, 0.05) is 5.92 Å². The van der Waals surface area contributed by atoms with Gasteiger partial charge in [-0.3, -0.25) is 0 Å². The molecule has 1 saturated heterocycles. The molecule has 0 N–H and O–H groups in total. The molecular weight excluding hydrogens is 116 g/mol. The van der Waals surface area contributed by atoms with Crippen molar-refractivity contribution >= 4 is 6.29 Å². The van der Waals surface area contributed by atoms with E-state index in [0.717, 1.165) is 19.1 Å². The molecule has 1 rings (SSSR count). The van der Waals surface area contributed by atoms with Crippen molar-refractivity contribution in [1.29, 1.82) is 0 Å². The summed E-state index contributed by atoms with van der Waals surface area (Å²) in [7, 11) is 0. The number of carbonyl (C=O) groups is 1. The van der Waals surface area contributed by atoms with Crippen LogP contribution in [0.1, 0.15) is 19.8 Å². The molecule has 1 aliphatic heterocycles. The van der Waals surface area contributed by atoms with Gasteiger partial charge in [0.15, 0.2) is 0 Å². The van der Waals surface area contributed by atoms with E-state index in [-0.39, 0.29) is 5.92 Å². The Balaban J connectivity index is 2.26. The summed E-state index contributed by atoms with van der Waals surface area (Å²) in [6.07, 6.45) is 3.39. The molecule has 0 bridgehead atoms. The Kier molecular flexibility index (Phi) is 2.22. The van der Waals surface area contributed by atoms with Crippen LogP contribution in [-0.4, -0.2) is 19.0 Å². The largest absolute Gasteiger partial charge is 0.378 e. The molecule has 1 aliphatic rings. The maximum atomic E-state index is 10.2. The topological polar surface area (TPSA) is 26.3 Å². The zero-order valence-electron chi connectivity index (χ0n) is 5.67. The van der Waals surface area contributed by atoms with E-state index in [1.165, 1.54) is 0 Å². The van der Waals surface area contributed by atoms with E-state index < -0.39 is 0 Å². The third-order valence-corrected chi connectivity index (χ3v) is 1.73. The van der Waals surface area contributed by atoms with Crippen molar-refractivity contribution in [1.82, 2.24) is 0 Å². The van der Waals surface area contributed by atoms with E-state index in [4.69, 9.17) is 4.74 Å². The lowest BCUT2D eigenvalue weighted by Crippen LogP contribution is -2.24. The molecule has 0 unspecified atom stereocenters. The van der Waals surface area contributed by atoms with Crippen LogP contribution in [0.15, 0.2) is 0 Å². The highest BCUT2D eigenvalue weighted by atomic mass is 16.5. The minimum Gasteiger partial charge on any atom is -0.378 e. The first-order chi connectivity index (χ1) is 4.33. The fraction of sp³-hybridized carbons (Fsp3) is 0.857. The Morgan fingerprint density at radius 1 is 1.56 bits per heavy atom. The number of hydrogen-bond donors (Lipinski definition) is 0. The molecule has 0 aromatic carbocycles. The van der Waals surface area contributed by atoms with Gasteiger partial charge in [-0.1, -0.05) is 0 Å². The Morgan fingerprint density at radius 2 is 2.33 bits per heavy atom. The van der Waals surface area contributed by atoms with Crippen molar-refractivity contribution in [2.45, 2.75) is 25.9 Å². The highest BCUT2D eigenvalue weighted by Gasteiger charge is 2.16. The Labute approximate surface area is 55.2 Å². The van der Waals surface area contributed by atoms with Crippen LogP contribution in [0.2, 0.25) is 0 Å². The van der Waals surface area contributed by atoms with Crippen molar-refractivity contribution in [3.8, 4) is 0 Å². The van der Waals surface area contributed by atoms with Gasteiger partial charge in [0.05, 0.1) is 12.7 Å². The standard InChI is InChI=1S/C7H12O2/c1-6-2-3-7(4-8)5-9-6/h4,6-7H,2-3,5H2,1H3/t6-,7+/m1/s1. The number of ether oxygens (including phenoxy) is 1. The molecule has 2 heteroatoms. The highest BCUT2D eigenvalue weighted by Crippen LogP contribution is 2.15. The number of carbonyl (C=O) groups excluding carboxylic acids is 1. The van der Waals surface area contributed by atoms with Gasteiger partial charge in [-0.15, -0.1) is 0 Å². The third kappa shape index (κ3) is 1.79. The maximum Gasteiger partial charge on any atom is 0.125 e. The summed E-state index contributed by atoms with van der Waals surface area (Å²) in [5, 5.41) is 0. The molecule has 0 aromatic rings. The molecular formula is C7H12O2. The molecule has 1 heterocycles. The summed E-state index contributed by atoms with van der Waals surface area (Å²) in [5.41, 5.74) is 0.